The minimum absolute atomic E-state index is 0.0951. The summed E-state index contributed by atoms with van der Waals surface area (Å²) in [6.45, 7) is 2.68. The molecule has 2 aromatic carbocycles. The van der Waals surface area contributed by atoms with Crippen LogP contribution in [0.5, 0.6) is 0 Å². The average molecular weight is 391 g/mol. The van der Waals surface area contributed by atoms with Crippen molar-refractivity contribution in [3.63, 3.8) is 0 Å². The van der Waals surface area contributed by atoms with Gasteiger partial charge >= 0.3 is 0 Å². The third kappa shape index (κ3) is 4.07. The summed E-state index contributed by atoms with van der Waals surface area (Å²) in [6, 6.07) is 17.1. The summed E-state index contributed by atoms with van der Waals surface area (Å²) < 4.78 is 0. The Morgan fingerprint density at radius 2 is 1.48 bits per heavy atom. The molecule has 2 aliphatic rings. The van der Waals surface area contributed by atoms with E-state index >= 15 is 0 Å². The van der Waals surface area contributed by atoms with Crippen LogP contribution in [-0.4, -0.2) is 53.7 Å². The molecule has 2 aromatic rings. The van der Waals surface area contributed by atoms with E-state index in [1.54, 1.807) is 24.3 Å². The van der Waals surface area contributed by atoms with Crippen LogP contribution in [0.3, 0.4) is 0 Å². The molecule has 6 nitrogen and oxygen atoms in total. The summed E-state index contributed by atoms with van der Waals surface area (Å²) in [7, 11) is 0. The van der Waals surface area contributed by atoms with Crippen LogP contribution in [0.15, 0.2) is 54.6 Å². The molecule has 1 atom stereocenters. The van der Waals surface area contributed by atoms with Crippen molar-refractivity contribution >= 4 is 17.7 Å². The van der Waals surface area contributed by atoms with Crippen molar-refractivity contribution in [2.24, 2.45) is 0 Å². The fourth-order valence-electron chi connectivity index (χ4n) is 4.14. The second kappa shape index (κ2) is 8.57. The summed E-state index contributed by atoms with van der Waals surface area (Å²) in [6.07, 6.45) is 2.46. The lowest BCUT2D eigenvalue weighted by Crippen LogP contribution is -2.39. The SMILES string of the molecule is O=C(CCN1C(=O)c2ccccc2C1=O)NC[C@H](c1ccccc1)N1CCCC1. The zero-order valence-electron chi connectivity index (χ0n) is 16.3. The lowest BCUT2D eigenvalue weighted by atomic mass is 10.1. The van der Waals surface area contributed by atoms with Gasteiger partial charge in [-0.05, 0) is 43.6 Å². The van der Waals surface area contributed by atoms with E-state index in [1.807, 2.05) is 18.2 Å². The van der Waals surface area contributed by atoms with Gasteiger partial charge < -0.3 is 5.32 Å². The Labute approximate surface area is 170 Å². The second-order valence-electron chi connectivity index (χ2n) is 7.53. The van der Waals surface area contributed by atoms with Gasteiger partial charge in [0.25, 0.3) is 11.8 Å². The van der Waals surface area contributed by atoms with Crippen LogP contribution in [0.4, 0.5) is 0 Å². The highest BCUT2D eigenvalue weighted by Gasteiger charge is 2.35. The Balaban J connectivity index is 1.34. The monoisotopic (exact) mass is 391 g/mol. The van der Waals surface area contributed by atoms with Crippen LogP contribution >= 0.6 is 0 Å². The number of carbonyl (C=O) groups excluding carboxylic acids is 3. The molecule has 4 rings (SSSR count). The Morgan fingerprint density at radius 3 is 2.10 bits per heavy atom. The molecule has 1 saturated heterocycles. The molecule has 3 amide bonds. The van der Waals surface area contributed by atoms with Gasteiger partial charge in [-0.25, -0.2) is 0 Å². The minimum atomic E-state index is -0.322. The molecule has 0 unspecified atom stereocenters. The predicted octanol–water partition coefficient (Wildman–Crippen LogP) is 2.63. The van der Waals surface area contributed by atoms with Crippen molar-refractivity contribution in [1.29, 1.82) is 0 Å². The summed E-state index contributed by atoms with van der Waals surface area (Å²) in [5.74, 6) is -0.794. The predicted molar refractivity (Wildman–Crippen MR) is 109 cm³/mol. The molecule has 0 radical (unpaired) electrons. The molecule has 1 N–H and O–H groups in total. The van der Waals surface area contributed by atoms with Crippen LogP contribution in [0.25, 0.3) is 0 Å². The van der Waals surface area contributed by atoms with Crippen LogP contribution in [-0.2, 0) is 4.79 Å². The van der Waals surface area contributed by atoms with Crippen molar-refractivity contribution in [2.45, 2.75) is 25.3 Å². The van der Waals surface area contributed by atoms with Gasteiger partial charge in [-0.3, -0.25) is 24.2 Å². The smallest absolute Gasteiger partial charge is 0.261 e. The molecule has 1 fully saturated rings. The first-order chi connectivity index (χ1) is 14.1. The lowest BCUT2D eigenvalue weighted by molar-refractivity contribution is -0.121. The Bertz CT molecular complexity index is 872. The molecule has 29 heavy (non-hydrogen) atoms. The van der Waals surface area contributed by atoms with Gasteiger partial charge in [0, 0.05) is 19.5 Å². The minimum Gasteiger partial charge on any atom is -0.354 e. The second-order valence-corrected chi connectivity index (χ2v) is 7.53. The maximum absolute atomic E-state index is 12.5. The first kappa shape index (κ1) is 19.3. The van der Waals surface area contributed by atoms with Gasteiger partial charge in [-0.15, -0.1) is 0 Å². The number of likely N-dealkylation sites (tertiary alicyclic amines) is 1. The average Bonchev–Trinajstić information content (AvgIpc) is 3.36. The topological polar surface area (TPSA) is 69.7 Å². The molecule has 2 heterocycles. The van der Waals surface area contributed by atoms with Gasteiger partial charge in [-0.2, -0.15) is 0 Å². The van der Waals surface area contributed by atoms with Crippen molar-refractivity contribution in [1.82, 2.24) is 15.1 Å². The van der Waals surface area contributed by atoms with Gasteiger partial charge in [0.15, 0.2) is 0 Å². The zero-order valence-corrected chi connectivity index (χ0v) is 16.3. The van der Waals surface area contributed by atoms with E-state index in [4.69, 9.17) is 0 Å². The summed E-state index contributed by atoms with van der Waals surface area (Å²) in [5, 5.41) is 3.00. The molecule has 2 aliphatic heterocycles. The van der Waals surface area contributed by atoms with Gasteiger partial charge in [-0.1, -0.05) is 42.5 Å². The molecule has 0 aliphatic carbocycles. The third-order valence-corrected chi connectivity index (χ3v) is 5.70. The molecular formula is C23H25N3O3. The van der Waals surface area contributed by atoms with E-state index in [-0.39, 0.29) is 36.7 Å². The normalized spacial score (nSPS) is 17.4. The Hall–Kier alpha value is -2.99. The molecule has 0 aromatic heterocycles. The van der Waals surface area contributed by atoms with E-state index in [9.17, 15) is 14.4 Å². The summed E-state index contributed by atoms with van der Waals surface area (Å²) in [5.41, 5.74) is 2.02. The number of hydrogen-bond donors (Lipinski definition) is 1. The van der Waals surface area contributed by atoms with E-state index in [2.05, 4.69) is 22.3 Å². The number of nitrogens with one attached hydrogen (secondary N) is 1. The Morgan fingerprint density at radius 1 is 0.897 bits per heavy atom. The standard InChI is InChI=1S/C23H25N3O3/c27-21(12-15-26-22(28)18-10-4-5-11-19(18)23(26)29)24-16-20(25-13-6-7-14-25)17-8-2-1-3-9-17/h1-5,8-11,20H,6-7,12-16H2,(H,24,27)/t20-/m1/s1. The van der Waals surface area contributed by atoms with E-state index < -0.39 is 0 Å². The Kier molecular flexibility index (Phi) is 5.71. The largest absolute Gasteiger partial charge is 0.354 e. The molecule has 0 saturated carbocycles. The van der Waals surface area contributed by atoms with Crippen LogP contribution < -0.4 is 5.32 Å². The zero-order chi connectivity index (χ0) is 20.2. The fraction of sp³-hybridized carbons (Fsp3) is 0.348. The van der Waals surface area contributed by atoms with Crippen molar-refractivity contribution in [3.05, 3.63) is 71.3 Å². The third-order valence-electron chi connectivity index (χ3n) is 5.70. The highest BCUT2D eigenvalue weighted by Crippen LogP contribution is 2.25. The van der Waals surface area contributed by atoms with Crippen molar-refractivity contribution in [2.75, 3.05) is 26.2 Å². The van der Waals surface area contributed by atoms with Crippen molar-refractivity contribution in [3.8, 4) is 0 Å². The van der Waals surface area contributed by atoms with Crippen LogP contribution in [0, 0.1) is 0 Å². The number of rotatable bonds is 7. The quantitative estimate of drug-likeness (QED) is 0.737. The number of imide groups is 1. The number of amides is 3. The molecule has 6 heteroatoms. The van der Waals surface area contributed by atoms with E-state index in [0.717, 1.165) is 13.1 Å². The van der Waals surface area contributed by atoms with E-state index in [0.29, 0.717) is 17.7 Å². The number of nitrogens with zero attached hydrogens (tertiary/aromatic N) is 2. The highest BCUT2D eigenvalue weighted by molar-refractivity contribution is 6.21. The molecule has 0 bridgehead atoms. The molecule has 0 spiro atoms. The van der Waals surface area contributed by atoms with Crippen molar-refractivity contribution < 1.29 is 14.4 Å². The number of benzene rings is 2. The lowest BCUT2D eigenvalue weighted by Gasteiger charge is -2.28. The first-order valence-electron chi connectivity index (χ1n) is 10.2. The maximum Gasteiger partial charge on any atom is 0.261 e. The van der Waals surface area contributed by atoms with Crippen LogP contribution in [0.1, 0.15) is 51.6 Å². The van der Waals surface area contributed by atoms with Gasteiger partial charge in [0.2, 0.25) is 5.91 Å². The number of hydrogen-bond acceptors (Lipinski definition) is 4. The van der Waals surface area contributed by atoms with E-state index in [1.165, 1.54) is 23.3 Å². The van der Waals surface area contributed by atoms with Gasteiger partial charge in [0.05, 0.1) is 17.2 Å². The fourth-order valence-corrected chi connectivity index (χ4v) is 4.14. The number of carbonyl (C=O) groups is 3. The number of fused-ring (bicyclic) bond motifs is 1. The summed E-state index contributed by atoms with van der Waals surface area (Å²) >= 11 is 0. The molecular weight excluding hydrogens is 366 g/mol. The highest BCUT2D eigenvalue weighted by atomic mass is 16.2. The summed E-state index contributed by atoms with van der Waals surface area (Å²) in [4.78, 5) is 40.8. The first-order valence-corrected chi connectivity index (χ1v) is 10.2. The maximum atomic E-state index is 12.5. The molecule has 150 valence electrons. The van der Waals surface area contributed by atoms with Crippen LogP contribution in [0.2, 0.25) is 0 Å². The van der Waals surface area contributed by atoms with Gasteiger partial charge in [0.1, 0.15) is 0 Å².